The minimum Gasteiger partial charge on any atom is -0.324 e. The number of rotatable bonds is 4. The summed E-state index contributed by atoms with van der Waals surface area (Å²) in [6.45, 7) is 1.25. The van der Waals surface area contributed by atoms with Crippen LogP contribution in [0.25, 0.3) is 0 Å². The van der Waals surface area contributed by atoms with E-state index in [4.69, 9.17) is 11.6 Å². The van der Waals surface area contributed by atoms with Gasteiger partial charge in [0, 0.05) is 22.5 Å². The Morgan fingerprint density at radius 1 is 1.40 bits per heavy atom. The average molecular weight is 372 g/mol. The zero-order valence-electron chi connectivity index (χ0n) is 13.7. The minimum absolute atomic E-state index is 0.0944. The summed E-state index contributed by atoms with van der Waals surface area (Å²) in [4.78, 5) is 16.4. The van der Waals surface area contributed by atoms with E-state index in [0.717, 1.165) is 13.0 Å². The van der Waals surface area contributed by atoms with Crippen LogP contribution in [0.5, 0.6) is 0 Å². The van der Waals surface area contributed by atoms with E-state index in [-0.39, 0.29) is 5.91 Å². The Bertz CT molecular complexity index is 853. The molecule has 1 atom stereocenters. The number of hydrogen-bond donors (Lipinski definition) is 1. The number of thiophene rings is 1. The lowest BCUT2D eigenvalue weighted by molar-refractivity contribution is -0.118. The van der Waals surface area contributed by atoms with Crippen LogP contribution < -0.4 is 5.32 Å². The van der Waals surface area contributed by atoms with Crippen molar-refractivity contribution in [2.24, 2.45) is 5.92 Å². The van der Waals surface area contributed by atoms with Crippen LogP contribution in [0.1, 0.15) is 34.9 Å². The molecule has 25 heavy (non-hydrogen) atoms. The largest absolute Gasteiger partial charge is 0.324 e. The first-order valence-corrected chi connectivity index (χ1v) is 9.71. The lowest BCUT2D eigenvalue weighted by Gasteiger charge is -2.35. The van der Waals surface area contributed by atoms with Crippen molar-refractivity contribution in [3.63, 3.8) is 0 Å². The van der Waals surface area contributed by atoms with Crippen molar-refractivity contribution in [3.8, 4) is 6.07 Å². The molecule has 2 aliphatic rings. The number of fused-ring (bicyclic) bond motifs is 1. The van der Waals surface area contributed by atoms with Crippen LogP contribution in [0.15, 0.2) is 29.6 Å². The number of nitrogens with one attached hydrogen (secondary N) is 1. The Morgan fingerprint density at radius 3 is 3.00 bits per heavy atom. The molecule has 0 bridgehead atoms. The number of benzene rings is 1. The fourth-order valence-electron chi connectivity index (χ4n) is 3.63. The van der Waals surface area contributed by atoms with E-state index in [1.54, 1.807) is 18.2 Å². The third-order valence-corrected chi connectivity index (χ3v) is 6.14. The van der Waals surface area contributed by atoms with Crippen LogP contribution in [0, 0.1) is 17.2 Å². The van der Waals surface area contributed by atoms with Crippen molar-refractivity contribution in [2.45, 2.75) is 25.3 Å². The predicted octanol–water partition coefficient (Wildman–Crippen LogP) is 4.22. The highest BCUT2D eigenvalue weighted by Crippen LogP contribution is 2.48. The highest BCUT2D eigenvalue weighted by atomic mass is 35.5. The van der Waals surface area contributed by atoms with Gasteiger partial charge in [0.15, 0.2) is 0 Å². The molecule has 1 aromatic carbocycles. The van der Waals surface area contributed by atoms with Gasteiger partial charge in [0.1, 0.15) is 6.07 Å². The van der Waals surface area contributed by atoms with Gasteiger partial charge in [0.2, 0.25) is 5.91 Å². The van der Waals surface area contributed by atoms with Gasteiger partial charge in [-0.2, -0.15) is 5.26 Å². The van der Waals surface area contributed by atoms with E-state index in [2.05, 4.69) is 27.7 Å². The molecule has 1 N–H and O–H groups in total. The third-order valence-electron chi connectivity index (χ3n) is 4.91. The Labute approximate surface area is 156 Å². The molecule has 0 radical (unpaired) electrons. The van der Waals surface area contributed by atoms with Crippen LogP contribution in [0.3, 0.4) is 0 Å². The fraction of sp³-hybridized carbons (Fsp3) is 0.368. The molecule has 1 saturated carbocycles. The van der Waals surface area contributed by atoms with Crippen LogP contribution in [0.2, 0.25) is 5.02 Å². The average Bonchev–Trinajstić information content (AvgIpc) is 3.31. The van der Waals surface area contributed by atoms with Crippen LogP contribution in [-0.4, -0.2) is 23.9 Å². The summed E-state index contributed by atoms with van der Waals surface area (Å²) in [7, 11) is 0. The molecule has 4 rings (SSSR count). The molecule has 1 aliphatic heterocycles. The Kier molecular flexibility index (Phi) is 4.51. The molecule has 128 valence electrons. The fourth-order valence-corrected chi connectivity index (χ4v) is 4.72. The summed E-state index contributed by atoms with van der Waals surface area (Å²) in [5.41, 5.74) is 2.32. The van der Waals surface area contributed by atoms with Gasteiger partial charge >= 0.3 is 0 Å². The summed E-state index contributed by atoms with van der Waals surface area (Å²) < 4.78 is 0. The molecule has 2 heterocycles. The van der Waals surface area contributed by atoms with Crippen LogP contribution >= 0.6 is 22.9 Å². The summed E-state index contributed by atoms with van der Waals surface area (Å²) in [6.07, 6.45) is 3.49. The lowest BCUT2D eigenvalue weighted by atomic mass is 9.96. The number of carbonyl (C=O) groups is 1. The van der Waals surface area contributed by atoms with Crippen LogP contribution in [0.4, 0.5) is 5.69 Å². The lowest BCUT2D eigenvalue weighted by Crippen LogP contribution is -2.41. The molecule has 2 aromatic rings. The zero-order valence-corrected chi connectivity index (χ0v) is 15.2. The molecule has 4 nitrogen and oxygen atoms in total. The van der Waals surface area contributed by atoms with Gasteiger partial charge in [0.05, 0.1) is 17.8 Å². The summed E-state index contributed by atoms with van der Waals surface area (Å²) in [6, 6.07) is 9.58. The van der Waals surface area contributed by atoms with Gasteiger partial charge in [-0.3, -0.25) is 9.69 Å². The van der Waals surface area contributed by atoms with E-state index in [9.17, 15) is 10.1 Å². The topological polar surface area (TPSA) is 56.1 Å². The molecule has 0 unspecified atom stereocenters. The van der Waals surface area contributed by atoms with Crippen LogP contribution in [-0.2, 0) is 11.2 Å². The second-order valence-electron chi connectivity index (χ2n) is 6.65. The second kappa shape index (κ2) is 6.80. The quantitative estimate of drug-likeness (QED) is 0.875. The highest BCUT2D eigenvalue weighted by molar-refractivity contribution is 7.10. The van der Waals surface area contributed by atoms with E-state index < -0.39 is 0 Å². The number of anilines is 1. The number of carbonyl (C=O) groups excluding carboxylic acids is 1. The molecular weight excluding hydrogens is 354 g/mol. The summed E-state index contributed by atoms with van der Waals surface area (Å²) in [5, 5.41) is 14.7. The number of nitrogens with zero attached hydrogens (tertiary/aromatic N) is 2. The van der Waals surface area contributed by atoms with E-state index in [1.165, 1.54) is 23.3 Å². The first kappa shape index (κ1) is 16.6. The van der Waals surface area contributed by atoms with Gasteiger partial charge in [-0.15, -0.1) is 11.3 Å². The first-order valence-electron chi connectivity index (χ1n) is 8.45. The molecule has 1 amide bonds. The molecule has 1 aromatic heterocycles. The van der Waals surface area contributed by atoms with Crippen molar-refractivity contribution in [1.29, 1.82) is 5.26 Å². The maximum atomic E-state index is 12.6. The number of amides is 1. The predicted molar refractivity (Wildman–Crippen MR) is 99.9 cm³/mol. The molecule has 0 saturated heterocycles. The van der Waals surface area contributed by atoms with Crippen molar-refractivity contribution < 1.29 is 4.79 Å². The van der Waals surface area contributed by atoms with Gasteiger partial charge in [-0.25, -0.2) is 0 Å². The Morgan fingerprint density at radius 2 is 2.24 bits per heavy atom. The standard InChI is InChI=1S/C19H18ClN3OS/c20-14-4-3-13(10-21)16(9-14)22-18(24)11-23-7-5-17-15(6-8-25-17)19(23)12-1-2-12/h3-4,6,8-9,12,19H,1-2,5,7,11H2,(H,22,24)/t19-/m0/s1. The van der Waals surface area contributed by atoms with Crippen molar-refractivity contribution in [1.82, 2.24) is 4.90 Å². The normalized spacial score (nSPS) is 19.9. The molecule has 1 fully saturated rings. The number of nitriles is 1. The first-order chi connectivity index (χ1) is 12.2. The number of halogens is 1. The smallest absolute Gasteiger partial charge is 0.238 e. The van der Waals surface area contributed by atoms with E-state index in [0.29, 0.717) is 34.8 Å². The maximum Gasteiger partial charge on any atom is 0.238 e. The minimum atomic E-state index is -0.0944. The summed E-state index contributed by atoms with van der Waals surface area (Å²) >= 11 is 7.82. The molecule has 6 heteroatoms. The van der Waals surface area contributed by atoms with Crippen molar-refractivity contribution >= 4 is 34.5 Å². The zero-order chi connectivity index (χ0) is 17.4. The maximum absolute atomic E-state index is 12.6. The van der Waals surface area contributed by atoms with E-state index in [1.807, 2.05) is 11.3 Å². The van der Waals surface area contributed by atoms with Gasteiger partial charge < -0.3 is 5.32 Å². The molecular formula is C19H18ClN3OS. The van der Waals surface area contributed by atoms with Gasteiger partial charge in [-0.05, 0) is 60.4 Å². The third kappa shape index (κ3) is 3.43. The monoisotopic (exact) mass is 371 g/mol. The second-order valence-corrected chi connectivity index (χ2v) is 8.09. The number of hydrogen-bond acceptors (Lipinski definition) is 4. The Hall–Kier alpha value is -1.87. The molecule has 0 spiro atoms. The van der Waals surface area contributed by atoms with Crippen molar-refractivity contribution in [2.75, 3.05) is 18.4 Å². The van der Waals surface area contributed by atoms with Gasteiger partial charge in [0.25, 0.3) is 0 Å². The molecule has 1 aliphatic carbocycles. The van der Waals surface area contributed by atoms with Gasteiger partial charge in [-0.1, -0.05) is 11.6 Å². The Balaban J connectivity index is 1.50. The highest BCUT2D eigenvalue weighted by Gasteiger charge is 2.40. The SMILES string of the molecule is N#Cc1ccc(Cl)cc1NC(=O)CN1CCc2sccc2[C@@H]1C1CC1. The van der Waals surface area contributed by atoms with E-state index >= 15 is 0 Å². The summed E-state index contributed by atoms with van der Waals surface area (Å²) in [5.74, 6) is 0.574. The van der Waals surface area contributed by atoms with Crippen molar-refractivity contribution in [3.05, 3.63) is 50.7 Å².